The van der Waals surface area contributed by atoms with Gasteiger partial charge in [0.2, 0.25) is 35.4 Å². The Morgan fingerprint density at radius 1 is 0.584 bits per heavy atom. The highest BCUT2D eigenvalue weighted by molar-refractivity contribution is 5.98. The number of carbonyl (C=O) groups excluding carboxylic acids is 10. The van der Waals surface area contributed by atoms with Gasteiger partial charge in [-0.25, -0.2) is 9.78 Å². The number of aromatic nitrogens is 2. The molecule has 0 saturated carbocycles. The van der Waals surface area contributed by atoms with Crippen LogP contribution in [0.15, 0.2) is 52.4 Å². The van der Waals surface area contributed by atoms with Crippen LogP contribution in [-0.2, 0) is 70.4 Å². The van der Waals surface area contributed by atoms with Gasteiger partial charge in [0.05, 0.1) is 56.4 Å². The van der Waals surface area contributed by atoms with Crippen LogP contribution >= 0.6 is 0 Å². The fraction of sp³-hybridized carbons (Fsp3) is 0.528. The summed E-state index contributed by atoms with van der Waals surface area (Å²) >= 11 is 0. The van der Waals surface area contributed by atoms with E-state index in [0.717, 1.165) is 6.92 Å². The summed E-state index contributed by atoms with van der Waals surface area (Å²) in [6.07, 6.45) is 0.694. The van der Waals surface area contributed by atoms with Crippen LogP contribution in [0, 0.1) is 0 Å². The molecule has 2 aromatic carbocycles. The second-order valence-electron chi connectivity index (χ2n) is 20.5. The Bertz CT molecular complexity index is 2980. The van der Waals surface area contributed by atoms with Crippen molar-refractivity contribution in [2.75, 3.05) is 109 Å². The van der Waals surface area contributed by atoms with Crippen LogP contribution in [0.2, 0.25) is 0 Å². The molecule has 1 saturated heterocycles. The number of H-pyrrole nitrogens is 1. The molecular formula is C53H70N14O22-4. The Morgan fingerprint density at radius 2 is 1.06 bits per heavy atom. The molecule has 13 N–H and O–H groups in total. The Labute approximate surface area is 506 Å². The Morgan fingerprint density at radius 3 is 1.54 bits per heavy atom. The molecule has 6 amide bonds. The number of aliphatic hydroxyl groups excluding tert-OH is 2. The number of rotatable bonds is 36. The minimum atomic E-state index is -1.89. The van der Waals surface area contributed by atoms with Crippen molar-refractivity contribution in [2.45, 2.75) is 81.3 Å². The third kappa shape index (κ3) is 24.3. The van der Waals surface area contributed by atoms with E-state index in [2.05, 4.69) is 52.5 Å². The topological polar surface area (TPSA) is 550 Å². The summed E-state index contributed by atoms with van der Waals surface area (Å²) in [5, 5.41) is 104. The van der Waals surface area contributed by atoms with Gasteiger partial charge in [-0.15, -0.1) is 0 Å². The largest absolute Gasteiger partial charge is 0.549 e. The fourth-order valence-corrected chi connectivity index (χ4v) is 9.13. The number of carboxylic acid groups (broad SMARTS) is 6. The SMILES string of the molecule is C[C@H](NC(=O)[C@H](CC(=O)O)NC(=O)CNc1c(NCCCC(C(=O)[O-])N2CCN(CC(=O)[O-])CCN(CC(=O)[O-])CCN(CC(=O)[O-])CC2)c(=O)c1=O)C(=O)N[C@@H](Cc1cnc[nH]1)C(=O)N[C@@H](CO)C(=O)N[C@@H](Cc1ccccc1)C(=O)N[C@@H](CO)C(=O)O. The molecule has 36 nitrogen and oxygen atoms in total. The van der Waals surface area contributed by atoms with Gasteiger partial charge in [0.15, 0.2) is 0 Å². The normalized spacial score (nSPS) is 16.2. The van der Waals surface area contributed by atoms with Gasteiger partial charge in [0.25, 0.3) is 10.9 Å². The zero-order valence-corrected chi connectivity index (χ0v) is 48.1. The molecule has 0 aliphatic carbocycles. The molecule has 0 spiro atoms. The number of nitrogens with one attached hydrogen (secondary N) is 9. The lowest BCUT2D eigenvalue weighted by molar-refractivity contribution is -0.313. The van der Waals surface area contributed by atoms with Crippen LogP contribution in [0.5, 0.6) is 0 Å². The maximum absolute atomic E-state index is 13.8. The van der Waals surface area contributed by atoms with Crippen molar-refractivity contribution in [3.63, 3.8) is 0 Å². The van der Waals surface area contributed by atoms with E-state index in [0.29, 0.717) is 5.56 Å². The summed E-state index contributed by atoms with van der Waals surface area (Å²) in [7, 11) is 0. The van der Waals surface area contributed by atoms with Gasteiger partial charge in [-0.05, 0) is 25.3 Å². The first-order chi connectivity index (χ1) is 42.2. The minimum absolute atomic E-state index is 0.00280. The molecule has 7 atom stereocenters. The molecule has 1 aromatic heterocycles. The zero-order chi connectivity index (χ0) is 65.9. The molecule has 1 unspecified atom stereocenters. The average molecular weight is 1260 g/mol. The average Bonchev–Trinajstić information content (AvgIpc) is 1.19. The number of carbonyl (C=O) groups is 12. The van der Waals surface area contributed by atoms with E-state index in [-0.39, 0.29) is 96.0 Å². The Balaban J connectivity index is 1.38. The summed E-state index contributed by atoms with van der Waals surface area (Å²) in [5.41, 5.74) is -2.10. The fourth-order valence-electron chi connectivity index (χ4n) is 9.13. The van der Waals surface area contributed by atoms with Crippen molar-refractivity contribution in [1.29, 1.82) is 0 Å². The molecule has 0 bridgehead atoms. The number of aromatic amines is 1. The summed E-state index contributed by atoms with van der Waals surface area (Å²) < 4.78 is 0. The van der Waals surface area contributed by atoms with Crippen molar-refractivity contribution >= 4 is 82.6 Å². The number of carboxylic acids is 6. The molecular weight excluding hydrogens is 1180 g/mol. The Kier molecular flexibility index (Phi) is 29.1. The molecule has 2 heterocycles. The summed E-state index contributed by atoms with van der Waals surface area (Å²) in [4.78, 5) is 189. The number of aliphatic carboxylic acids is 6. The van der Waals surface area contributed by atoms with Crippen LogP contribution < -0.4 is 73.8 Å². The van der Waals surface area contributed by atoms with Crippen LogP contribution in [0.1, 0.15) is 37.4 Å². The van der Waals surface area contributed by atoms with Crippen LogP contribution in [-0.4, -0.2) is 262 Å². The zero-order valence-electron chi connectivity index (χ0n) is 48.1. The van der Waals surface area contributed by atoms with Crippen LogP contribution in [0.25, 0.3) is 0 Å². The number of hydrogen-bond acceptors (Lipinski definition) is 27. The van der Waals surface area contributed by atoms with Crippen molar-refractivity contribution in [3.8, 4) is 0 Å². The molecule has 89 heavy (non-hydrogen) atoms. The second kappa shape index (κ2) is 36.0. The van der Waals surface area contributed by atoms with E-state index in [1.165, 1.54) is 32.1 Å². The number of aliphatic hydroxyl groups is 2. The molecule has 488 valence electrons. The number of amides is 6. The standard InChI is InChI=1S/C53H74N14O22/c1-29(47(81)60-33(19-31-21-54-28-57-31)50(84)62-35(26-68)51(85)61-32(18-30-6-3-2-4-7-30)49(83)63-36(27-69)52(86)87)58-48(82)34(20-39(71)72)59-38(70)22-56-44-43(45(79)46(44)80)55-9-5-8-37(53(88)89)67-16-14-65(24-41(75)76)12-10-64(23-40(73)74)11-13-66(15-17-67)25-42(77)78/h2-4,6-7,21,28-29,32-37,55-56,68-69H,5,8-20,22-27H2,1H3,(H,54,57)(H,58,82)(H,59,70)(H,60,81)(H,61,85)(H,62,84)(H,63,83)(H,71,72)(H,73,74)(H,75,76)(H,77,78)(H,86,87)(H,88,89)/p-4/t29-,32-,33-,34-,35-,36-,37?/m0/s1. The van der Waals surface area contributed by atoms with E-state index >= 15 is 0 Å². The lowest BCUT2D eigenvalue weighted by Gasteiger charge is -2.38. The number of imidazole rings is 1. The van der Waals surface area contributed by atoms with Gasteiger partial charge in [0, 0.05) is 109 Å². The highest BCUT2D eigenvalue weighted by Gasteiger charge is 2.34. The third-order valence-electron chi connectivity index (χ3n) is 13.9. The highest BCUT2D eigenvalue weighted by atomic mass is 16.4. The van der Waals surface area contributed by atoms with Crippen LogP contribution in [0.4, 0.5) is 11.4 Å². The summed E-state index contributed by atoms with van der Waals surface area (Å²) in [6.45, 7) is -3.95. The number of anilines is 2. The summed E-state index contributed by atoms with van der Waals surface area (Å²) in [5.74, 6) is -15.8. The lowest BCUT2D eigenvalue weighted by Crippen LogP contribution is -2.60. The monoisotopic (exact) mass is 1250 g/mol. The van der Waals surface area contributed by atoms with Crippen molar-refractivity contribution in [1.82, 2.24) is 61.5 Å². The molecule has 4 rings (SSSR count). The lowest BCUT2D eigenvalue weighted by atomic mass is 10.0. The summed E-state index contributed by atoms with van der Waals surface area (Å²) in [6, 6.07) is -3.45. The van der Waals surface area contributed by atoms with E-state index in [1.54, 1.807) is 30.3 Å². The molecule has 3 aromatic rings. The molecule has 1 aliphatic rings. The van der Waals surface area contributed by atoms with E-state index in [4.69, 9.17) is 0 Å². The van der Waals surface area contributed by atoms with Gasteiger partial charge >= 0.3 is 11.9 Å². The first kappa shape index (κ1) is 72.0. The van der Waals surface area contributed by atoms with Crippen molar-refractivity contribution in [3.05, 3.63) is 74.6 Å². The molecule has 0 radical (unpaired) electrons. The van der Waals surface area contributed by atoms with E-state index < -0.39 is 176 Å². The number of hydrogen-bond donors (Lipinski definition) is 13. The van der Waals surface area contributed by atoms with Crippen molar-refractivity contribution in [2.24, 2.45) is 0 Å². The number of nitrogens with zero attached hydrogens (tertiary/aromatic N) is 5. The maximum Gasteiger partial charge on any atom is 0.328 e. The predicted octanol–water partition coefficient (Wildman–Crippen LogP) is -12.8. The van der Waals surface area contributed by atoms with Crippen LogP contribution in [0.3, 0.4) is 0 Å². The van der Waals surface area contributed by atoms with Gasteiger partial charge in [-0.3, -0.25) is 62.8 Å². The van der Waals surface area contributed by atoms with Crippen molar-refractivity contribution < 1.29 is 98.4 Å². The minimum Gasteiger partial charge on any atom is -0.549 e. The molecule has 1 aliphatic heterocycles. The second-order valence-corrected chi connectivity index (χ2v) is 20.5. The smallest absolute Gasteiger partial charge is 0.328 e. The first-order valence-electron chi connectivity index (χ1n) is 27.7. The van der Waals surface area contributed by atoms with Gasteiger partial charge < -0.3 is 108 Å². The van der Waals surface area contributed by atoms with E-state index in [9.17, 15) is 108 Å². The van der Waals surface area contributed by atoms with E-state index in [1.807, 2.05) is 0 Å². The molecule has 1 fully saturated rings. The van der Waals surface area contributed by atoms with Gasteiger partial charge in [0.1, 0.15) is 47.6 Å². The number of benzene rings is 1. The third-order valence-corrected chi connectivity index (χ3v) is 13.9. The highest BCUT2D eigenvalue weighted by Crippen LogP contribution is 2.16. The Hall–Kier alpha value is -9.49. The maximum atomic E-state index is 13.8. The van der Waals surface area contributed by atoms with Gasteiger partial charge in [-0.2, -0.15) is 0 Å². The van der Waals surface area contributed by atoms with Gasteiger partial charge in [-0.1, -0.05) is 30.3 Å². The molecule has 36 heteroatoms. The first-order valence-corrected chi connectivity index (χ1v) is 27.7. The quantitative estimate of drug-likeness (QED) is 0.0190. The predicted molar refractivity (Wildman–Crippen MR) is 296 cm³/mol.